The van der Waals surface area contributed by atoms with Crippen molar-refractivity contribution in [2.45, 2.75) is 44.6 Å². The third-order valence-corrected chi connectivity index (χ3v) is 3.29. The molecule has 1 saturated heterocycles. The van der Waals surface area contributed by atoms with Gasteiger partial charge in [0.2, 0.25) is 0 Å². The molecule has 0 unspecified atom stereocenters. The Hall–Kier alpha value is -0.570. The average molecular weight is 184 g/mol. The van der Waals surface area contributed by atoms with Crippen LogP contribution in [0.2, 0.25) is 0 Å². The van der Waals surface area contributed by atoms with Gasteiger partial charge in [0.15, 0.2) is 0 Å². The molecule has 0 radical (unpaired) electrons. The average Bonchev–Trinajstić information content (AvgIpc) is 2.90. The quantitative estimate of drug-likeness (QED) is 0.680. The lowest BCUT2D eigenvalue weighted by atomic mass is 9.71. The van der Waals surface area contributed by atoms with Gasteiger partial charge in [0.1, 0.15) is 0 Å². The van der Waals surface area contributed by atoms with E-state index in [1.54, 1.807) is 0 Å². The van der Waals surface area contributed by atoms with Gasteiger partial charge >= 0.3 is 5.97 Å². The second-order valence-electron chi connectivity index (χ2n) is 4.31. The summed E-state index contributed by atoms with van der Waals surface area (Å²) in [5, 5.41) is 9.21. The van der Waals surface area contributed by atoms with Gasteiger partial charge in [-0.05, 0) is 19.3 Å². The van der Waals surface area contributed by atoms with Crippen LogP contribution in [0.25, 0.3) is 0 Å². The predicted octanol–water partition coefficient (Wildman–Crippen LogP) is 1.81. The van der Waals surface area contributed by atoms with Crippen molar-refractivity contribution in [3.63, 3.8) is 0 Å². The molecule has 0 aromatic rings. The minimum Gasteiger partial charge on any atom is -0.481 e. The Balaban J connectivity index is 2.02. The molecule has 1 N–H and O–H groups in total. The third kappa shape index (κ3) is 1.85. The monoisotopic (exact) mass is 184 g/mol. The van der Waals surface area contributed by atoms with Gasteiger partial charge in [0.25, 0.3) is 0 Å². The van der Waals surface area contributed by atoms with E-state index in [0.29, 0.717) is 0 Å². The molecule has 74 valence electrons. The highest BCUT2D eigenvalue weighted by atomic mass is 16.6. The molecular weight excluding hydrogens is 168 g/mol. The molecule has 13 heavy (non-hydrogen) atoms. The zero-order chi connectivity index (χ0) is 9.31. The Morgan fingerprint density at radius 2 is 2.00 bits per heavy atom. The lowest BCUT2D eigenvalue weighted by molar-refractivity contribution is -0.151. The summed E-state index contributed by atoms with van der Waals surface area (Å²) in [5.41, 5.74) is -0.445. The first-order valence-electron chi connectivity index (χ1n) is 5.08. The van der Waals surface area contributed by atoms with E-state index in [1.807, 2.05) is 0 Å². The van der Waals surface area contributed by atoms with Crippen molar-refractivity contribution in [2.75, 3.05) is 6.61 Å². The lowest BCUT2D eigenvalue weighted by Crippen LogP contribution is -2.34. The smallest absolute Gasteiger partial charge is 0.309 e. The Morgan fingerprint density at radius 1 is 1.38 bits per heavy atom. The van der Waals surface area contributed by atoms with Crippen LogP contribution in [0.5, 0.6) is 0 Å². The molecule has 1 aliphatic heterocycles. The van der Waals surface area contributed by atoms with Gasteiger partial charge in [-0.15, -0.1) is 0 Å². The van der Waals surface area contributed by atoms with Crippen LogP contribution in [0.1, 0.15) is 38.5 Å². The van der Waals surface area contributed by atoms with Crippen molar-refractivity contribution in [3.8, 4) is 0 Å². The summed E-state index contributed by atoms with van der Waals surface area (Å²) in [5.74, 6) is -0.609. The molecule has 0 amide bonds. The van der Waals surface area contributed by atoms with Crippen molar-refractivity contribution >= 4 is 5.97 Å². The topological polar surface area (TPSA) is 49.8 Å². The number of aliphatic carboxylic acids is 1. The Kier molecular flexibility index (Phi) is 2.28. The second kappa shape index (κ2) is 3.29. The van der Waals surface area contributed by atoms with E-state index in [9.17, 15) is 9.90 Å². The summed E-state index contributed by atoms with van der Waals surface area (Å²) in [4.78, 5) is 11.2. The summed E-state index contributed by atoms with van der Waals surface area (Å²) in [6.07, 6.45) is 6.01. The minimum atomic E-state index is -0.609. The number of hydrogen-bond acceptors (Lipinski definition) is 2. The molecule has 2 fully saturated rings. The van der Waals surface area contributed by atoms with Gasteiger partial charge in [-0.25, -0.2) is 0 Å². The minimum absolute atomic E-state index is 0.245. The van der Waals surface area contributed by atoms with Crippen LogP contribution in [-0.2, 0) is 9.53 Å². The normalized spacial score (nSPS) is 31.2. The van der Waals surface area contributed by atoms with E-state index >= 15 is 0 Å². The number of epoxide rings is 1. The van der Waals surface area contributed by atoms with Gasteiger partial charge in [0.05, 0.1) is 18.1 Å². The fraction of sp³-hybridized carbons (Fsp3) is 0.900. The number of hydrogen-bond donors (Lipinski definition) is 1. The van der Waals surface area contributed by atoms with Crippen LogP contribution in [0, 0.1) is 5.41 Å². The summed E-state index contributed by atoms with van der Waals surface area (Å²) in [6.45, 7) is 0.773. The molecule has 2 aliphatic rings. The Labute approximate surface area is 78.1 Å². The highest BCUT2D eigenvalue weighted by molar-refractivity contribution is 5.74. The maximum Gasteiger partial charge on any atom is 0.309 e. The van der Waals surface area contributed by atoms with E-state index in [0.717, 1.165) is 38.7 Å². The maximum atomic E-state index is 11.2. The van der Waals surface area contributed by atoms with Crippen LogP contribution in [0.4, 0.5) is 0 Å². The van der Waals surface area contributed by atoms with Crippen molar-refractivity contribution in [1.82, 2.24) is 0 Å². The summed E-state index contributed by atoms with van der Waals surface area (Å²) in [6, 6.07) is 0. The Morgan fingerprint density at radius 3 is 2.46 bits per heavy atom. The third-order valence-electron chi connectivity index (χ3n) is 3.29. The van der Waals surface area contributed by atoms with Gasteiger partial charge in [-0.2, -0.15) is 0 Å². The highest BCUT2D eigenvalue weighted by Crippen LogP contribution is 2.42. The molecule has 0 bridgehead atoms. The fourth-order valence-corrected chi connectivity index (χ4v) is 2.36. The summed E-state index contributed by atoms with van der Waals surface area (Å²) in [7, 11) is 0. The van der Waals surface area contributed by atoms with E-state index in [1.165, 1.54) is 6.42 Å². The SMILES string of the molecule is O=C(O)C1(C[C@H]2CO2)CCCCC1. The van der Waals surface area contributed by atoms with Gasteiger partial charge in [0, 0.05) is 0 Å². The number of carboxylic acid groups (broad SMARTS) is 1. The van der Waals surface area contributed by atoms with E-state index in [-0.39, 0.29) is 6.10 Å². The number of carbonyl (C=O) groups is 1. The number of carboxylic acids is 1. The molecule has 1 heterocycles. The molecule has 0 aromatic heterocycles. The first kappa shape index (κ1) is 9.00. The van der Waals surface area contributed by atoms with Gasteiger partial charge in [-0.3, -0.25) is 4.79 Å². The summed E-state index contributed by atoms with van der Waals surface area (Å²) >= 11 is 0. The molecule has 3 nitrogen and oxygen atoms in total. The number of ether oxygens (including phenoxy) is 1. The van der Waals surface area contributed by atoms with Crippen molar-refractivity contribution in [2.24, 2.45) is 5.41 Å². The van der Waals surface area contributed by atoms with Crippen LogP contribution in [0.15, 0.2) is 0 Å². The largest absolute Gasteiger partial charge is 0.481 e. The molecule has 0 aromatic carbocycles. The maximum absolute atomic E-state index is 11.2. The fourth-order valence-electron chi connectivity index (χ4n) is 2.36. The van der Waals surface area contributed by atoms with E-state index in [4.69, 9.17) is 4.74 Å². The molecule has 1 aliphatic carbocycles. The zero-order valence-corrected chi connectivity index (χ0v) is 7.79. The standard InChI is InChI=1S/C10H16O3/c11-9(12)10(6-8-7-13-8)4-2-1-3-5-10/h8H,1-7H2,(H,11,12)/t8-/m0/s1. The van der Waals surface area contributed by atoms with Crippen LogP contribution >= 0.6 is 0 Å². The van der Waals surface area contributed by atoms with Gasteiger partial charge in [-0.1, -0.05) is 19.3 Å². The van der Waals surface area contributed by atoms with Crippen LogP contribution < -0.4 is 0 Å². The van der Waals surface area contributed by atoms with Crippen molar-refractivity contribution in [1.29, 1.82) is 0 Å². The molecule has 1 saturated carbocycles. The Bertz CT molecular complexity index is 202. The molecular formula is C10H16O3. The molecule has 2 rings (SSSR count). The molecule has 3 heteroatoms. The number of rotatable bonds is 3. The van der Waals surface area contributed by atoms with E-state index in [2.05, 4.69) is 0 Å². The molecule has 1 atom stereocenters. The first-order chi connectivity index (χ1) is 6.23. The highest BCUT2D eigenvalue weighted by Gasteiger charge is 2.44. The first-order valence-corrected chi connectivity index (χ1v) is 5.08. The van der Waals surface area contributed by atoms with Gasteiger partial charge < -0.3 is 9.84 Å². The van der Waals surface area contributed by atoms with Crippen molar-refractivity contribution in [3.05, 3.63) is 0 Å². The van der Waals surface area contributed by atoms with E-state index < -0.39 is 11.4 Å². The molecule has 0 spiro atoms. The summed E-state index contributed by atoms with van der Waals surface area (Å²) < 4.78 is 5.12. The van der Waals surface area contributed by atoms with Crippen LogP contribution in [-0.4, -0.2) is 23.8 Å². The van der Waals surface area contributed by atoms with Crippen molar-refractivity contribution < 1.29 is 14.6 Å². The van der Waals surface area contributed by atoms with Crippen LogP contribution in [0.3, 0.4) is 0 Å². The predicted molar refractivity (Wildman–Crippen MR) is 47.5 cm³/mol. The lowest BCUT2D eigenvalue weighted by Gasteiger charge is -2.32. The zero-order valence-electron chi connectivity index (χ0n) is 7.79. The second-order valence-corrected chi connectivity index (χ2v) is 4.31.